The van der Waals surface area contributed by atoms with Crippen molar-refractivity contribution in [2.24, 2.45) is 5.92 Å². The monoisotopic (exact) mass is 200 g/mol. The second kappa shape index (κ2) is 5.62. The van der Waals surface area contributed by atoms with E-state index >= 15 is 0 Å². The third-order valence-corrected chi connectivity index (χ3v) is 2.28. The van der Waals surface area contributed by atoms with Crippen LogP contribution >= 0.6 is 0 Å². The minimum atomic E-state index is -0.309. The van der Waals surface area contributed by atoms with Gasteiger partial charge in [-0.3, -0.25) is 9.59 Å². The molecule has 4 nitrogen and oxygen atoms in total. The molecule has 0 aromatic rings. The van der Waals surface area contributed by atoms with Crippen molar-refractivity contribution in [3.05, 3.63) is 0 Å². The summed E-state index contributed by atoms with van der Waals surface area (Å²) in [4.78, 5) is 22.1. The number of esters is 2. The Morgan fingerprint density at radius 1 is 1.00 bits per heavy atom. The van der Waals surface area contributed by atoms with Gasteiger partial charge in [0.15, 0.2) is 0 Å². The van der Waals surface area contributed by atoms with Gasteiger partial charge < -0.3 is 9.47 Å². The van der Waals surface area contributed by atoms with E-state index in [-0.39, 0.29) is 24.8 Å². The summed E-state index contributed by atoms with van der Waals surface area (Å²) < 4.78 is 9.89. The Morgan fingerprint density at radius 3 is 1.86 bits per heavy atom. The molecule has 0 bridgehead atoms. The van der Waals surface area contributed by atoms with Crippen molar-refractivity contribution >= 4 is 11.9 Å². The summed E-state index contributed by atoms with van der Waals surface area (Å²) in [6.45, 7) is 2.96. The normalized spacial score (nSPS) is 22.1. The van der Waals surface area contributed by atoms with Crippen LogP contribution in [0.25, 0.3) is 0 Å². The van der Waals surface area contributed by atoms with Gasteiger partial charge in [-0.25, -0.2) is 0 Å². The quantitative estimate of drug-likeness (QED) is 0.553. The number of hydrogen-bond acceptors (Lipinski definition) is 4. The van der Waals surface area contributed by atoms with E-state index in [0.717, 1.165) is 12.8 Å². The number of carbonyl (C=O) groups is 2. The summed E-state index contributed by atoms with van der Waals surface area (Å²) in [6, 6.07) is 0. The van der Waals surface area contributed by atoms with Crippen molar-refractivity contribution in [2.75, 3.05) is 13.2 Å². The maximum Gasteiger partial charge on any atom is 0.306 e. The standard InChI is InChI=1S/C10H16O4/c1-8-4-6-13-9(11)2-3-10(12)14-7-5-8/h8H,2-7H2,1H3. The van der Waals surface area contributed by atoms with Gasteiger partial charge in [0.1, 0.15) is 0 Å². The fourth-order valence-electron chi connectivity index (χ4n) is 1.24. The predicted octanol–water partition coefficient (Wildman–Crippen LogP) is 1.28. The molecule has 0 aliphatic carbocycles. The van der Waals surface area contributed by atoms with Gasteiger partial charge in [0.2, 0.25) is 0 Å². The van der Waals surface area contributed by atoms with Crippen LogP contribution in [0.2, 0.25) is 0 Å². The summed E-state index contributed by atoms with van der Waals surface area (Å²) in [7, 11) is 0. The van der Waals surface area contributed by atoms with Gasteiger partial charge in [0.25, 0.3) is 0 Å². The van der Waals surface area contributed by atoms with Gasteiger partial charge in [-0.15, -0.1) is 0 Å². The minimum Gasteiger partial charge on any atom is -0.466 e. The van der Waals surface area contributed by atoms with E-state index < -0.39 is 0 Å². The van der Waals surface area contributed by atoms with Crippen LogP contribution in [0.5, 0.6) is 0 Å². The molecule has 1 aliphatic rings. The molecule has 1 aliphatic heterocycles. The van der Waals surface area contributed by atoms with Crippen molar-refractivity contribution in [3.63, 3.8) is 0 Å². The molecule has 0 unspecified atom stereocenters. The lowest BCUT2D eigenvalue weighted by Gasteiger charge is -2.09. The lowest BCUT2D eigenvalue weighted by atomic mass is 10.1. The van der Waals surface area contributed by atoms with E-state index in [0.29, 0.717) is 19.1 Å². The van der Waals surface area contributed by atoms with Gasteiger partial charge in [-0.05, 0) is 18.8 Å². The molecule has 0 atom stereocenters. The molecule has 0 aromatic carbocycles. The summed E-state index contributed by atoms with van der Waals surface area (Å²) in [6.07, 6.45) is 1.94. The Balaban J connectivity index is 2.40. The fraction of sp³-hybridized carbons (Fsp3) is 0.800. The smallest absolute Gasteiger partial charge is 0.306 e. The third-order valence-electron chi connectivity index (χ3n) is 2.28. The SMILES string of the molecule is CC1CCOC(=O)CCC(=O)OCC1. The van der Waals surface area contributed by atoms with Crippen LogP contribution in [-0.4, -0.2) is 25.2 Å². The van der Waals surface area contributed by atoms with Crippen molar-refractivity contribution in [2.45, 2.75) is 32.6 Å². The second-order valence-corrected chi connectivity index (χ2v) is 3.62. The van der Waals surface area contributed by atoms with Gasteiger partial charge in [-0.1, -0.05) is 6.92 Å². The van der Waals surface area contributed by atoms with Crippen molar-refractivity contribution in [1.29, 1.82) is 0 Å². The Morgan fingerprint density at radius 2 is 1.43 bits per heavy atom. The van der Waals surface area contributed by atoms with E-state index in [1.165, 1.54) is 0 Å². The summed E-state index contributed by atoms with van der Waals surface area (Å²) >= 11 is 0. The van der Waals surface area contributed by atoms with Crippen LogP contribution in [-0.2, 0) is 19.1 Å². The van der Waals surface area contributed by atoms with E-state index in [1.807, 2.05) is 0 Å². The molecule has 4 heteroatoms. The van der Waals surface area contributed by atoms with Crippen LogP contribution in [0.4, 0.5) is 0 Å². The lowest BCUT2D eigenvalue weighted by molar-refractivity contribution is -0.149. The predicted molar refractivity (Wildman–Crippen MR) is 49.6 cm³/mol. The molecule has 0 saturated carbocycles. The zero-order valence-electron chi connectivity index (χ0n) is 8.45. The van der Waals surface area contributed by atoms with Crippen molar-refractivity contribution < 1.29 is 19.1 Å². The first-order valence-corrected chi connectivity index (χ1v) is 4.99. The molecule has 0 radical (unpaired) electrons. The number of ether oxygens (including phenoxy) is 2. The second-order valence-electron chi connectivity index (χ2n) is 3.62. The number of cyclic esters (lactones) is 2. The van der Waals surface area contributed by atoms with E-state index in [4.69, 9.17) is 9.47 Å². The average molecular weight is 200 g/mol. The largest absolute Gasteiger partial charge is 0.466 e. The molecule has 0 spiro atoms. The molecule has 1 fully saturated rings. The van der Waals surface area contributed by atoms with E-state index in [9.17, 15) is 9.59 Å². The van der Waals surface area contributed by atoms with Crippen molar-refractivity contribution in [1.82, 2.24) is 0 Å². The maximum atomic E-state index is 11.0. The molecule has 1 saturated heterocycles. The van der Waals surface area contributed by atoms with Crippen molar-refractivity contribution in [3.8, 4) is 0 Å². The molecular weight excluding hydrogens is 184 g/mol. The number of rotatable bonds is 0. The number of carbonyl (C=O) groups excluding carboxylic acids is 2. The molecule has 1 heterocycles. The zero-order chi connectivity index (χ0) is 10.4. The Bertz CT molecular complexity index is 190. The lowest BCUT2D eigenvalue weighted by Crippen LogP contribution is -2.09. The van der Waals surface area contributed by atoms with Gasteiger partial charge in [0.05, 0.1) is 26.1 Å². The molecule has 0 amide bonds. The number of hydrogen-bond donors (Lipinski definition) is 0. The maximum absolute atomic E-state index is 11.0. The van der Waals surface area contributed by atoms with Crippen LogP contribution in [0.3, 0.4) is 0 Å². The highest BCUT2D eigenvalue weighted by Crippen LogP contribution is 2.10. The van der Waals surface area contributed by atoms with E-state index in [1.54, 1.807) is 0 Å². The molecule has 1 rings (SSSR count). The van der Waals surface area contributed by atoms with Crippen LogP contribution in [0.1, 0.15) is 32.6 Å². The topological polar surface area (TPSA) is 52.6 Å². The highest BCUT2D eigenvalue weighted by molar-refractivity contribution is 5.77. The summed E-state index contributed by atoms with van der Waals surface area (Å²) in [5.74, 6) is -0.194. The molecule has 0 N–H and O–H groups in total. The Hall–Kier alpha value is -1.06. The highest BCUT2D eigenvalue weighted by Gasteiger charge is 2.12. The summed E-state index contributed by atoms with van der Waals surface area (Å²) in [5.41, 5.74) is 0. The van der Waals surface area contributed by atoms with Crippen LogP contribution < -0.4 is 0 Å². The molecular formula is C10H16O4. The molecule has 80 valence electrons. The third kappa shape index (κ3) is 4.25. The summed E-state index contributed by atoms with van der Waals surface area (Å²) in [5, 5.41) is 0. The first-order valence-electron chi connectivity index (χ1n) is 4.99. The zero-order valence-corrected chi connectivity index (χ0v) is 8.45. The van der Waals surface area contributed by atoms with Crippen LogP contribution in [0, 0.1) is 5.92 Å². The van der Waals surface area contributed by atoms with Gasteiger partial charge in [-0.2, -0.15) is 0 Å². The van der Waals surface area contributed by atoms with E-state index in [2.05, 4.69) is 6.92 Å². The molecule has 0 aromatic heterocycles. The first-order chi connectivity index (χ1) is 6.68. The fourth-order valence-corrected chi connectivity index (χ4v) is 1.24. The highest BCUT2D eigenvalue weighted by atomic mass is 16.5. The molecule has 14 heavy (non-hydrogen) atoms. The van der Waals surface area contributed by atoms with Gasteiger partial charge in [0, 0.05) is 0 Å². The Kier molecular flexibility index (Phi) is 4.43. The van der Waals surface area contributed by atoms with Gasteiger partial charge >= 0.3 is 11.9 Å². The minimum absolute atomic E-state index is 0.132. The Labute approximate surface area is 83.6 Å². The van der Waals surface area contributed by atoms with Crippen LogP contribution in [0.15, 0.2) is 0 Å². The first kappa shape index (κ1) is 11.0. The average Bonchev–Trinajstić information content (AvgIpc) is 2.16.